The van der Waals surface area contributed by atoms with Gasteiger partial charge in [0.05, 0.1) is 12.2 Å². The molecule has 1 aliphatic rings. The SMILES string of the molecule is CC1C(=O)C(C)C(c2ccc(F)cc2)OC1c1ccc(F)cc1. The Bertz CT molecular complexity index is 635. The third kappa shape index (κ3) is 3.04. The van der Waals surface area contributed by atoms with Gasteiger partial charge in [-0.3, -0.25) is 4.79 Å². The van der Waals surface area contributed by atoms with Gasteiger partial charge in [0.25, 0.3) is 0 Å². The van der Waals surface area contributed by atoms with Gasteiger partial charge in [0, 0.05) is 11.8 Å². The van der Waals surface area contributed by atoms with Crippen molar-refractivity contribution in [2.24, 2.45) is 11.8 Å². The first-order chi connectivity index (χ1) is 11.0. The molecule has 0 saturated carbocycles. The number of halogens is 2. The van der Waals surface area contributed by atoms with Crippen LogP contribution in [0.25, 0.3) is 0 Å². The molecular weight excluding hydrogens is 298 g/mol. The Morgan fingerprint density at radius 2 is 1.09 bits per heavy atom. The molecule has 0 spiro atoms. The zero-order valence-electron chi connectivity index (χ0n) is 13.0. The van der Waals surface area contributed by atoms with Crippen LogP contribution in [0.5, 0.6) is 0 Å². The van der Waals surface area contributed by atoms with Gasteiger partial charge in [-0.1, -0.05) is 38.1 Å². The highest BCUT2D eigenvalue weighted by Crippen LogP contribution is 2.43. The van der Waals surface area contributed by atoms with E-state index in [1.165, 1.54) is 24.3 Å². The number of ether oxygens (including phenoxy) is 1. The van der Waals surface area contributed by atoms with E-state index in [1.807, 2.05) is 13.8 Å². The lowest BCUT2D eigenvalue weighted by Gasteiger charge is -2.38. The Kier molecular flexibility index (Phi) is 4.26. The van der Waals surface area contributed by atoms with Crippen LogP contribution in [0, 0.1) is 23.5 Å². The second-order valence-corrected chi connectivity index (χ2v) is 6.06. The molecule has 120 valence electrons. The molecule has 3 rings (SSSR count). The van der Waals surface area contributed by atoms with Crippen molar-refractivity contribution < 1.29 is 18.3 Å². The summed E-state index contributed by atoms with van der Waals surface area (Å²) in [6, 6.07) is 12.0. The van der Waals surface area contributed by atoms with Crippen LogP contribution >= 0.6 is 0 Å². The fourth-order valence-electron chi connectivity index (χ4n) is 3.15. The average molecular weight is 316 g/mol. The van der Waals surface area contributed by atoms with Gasteiger partial charge >= 0.3 is 0 Å². The van der Waals surface area contributed by atoms with Crippen LogP contribution in [-0.2, 0) is 9.53 Å². The molecular formula is C19H18F2O2. The minimum atomic E-state index is -0.436. The molecule has 23 heavy (non-hydrogen) atoms. The van der Waals surface area contributed by atoms with Crippen molar-refractivity contribution in [3.63, 3.8) is 0 Å². The monoisotopic (exact) mass is 316 g/mol. The molecule has 2 aromatic rings. The zero-order valence-corrected chi connectivity index (χ0v) is 13.0. The molecule has 4 unspecified atom stereocenters. The van der Waals surface area contributed by atoms with Crippen molar-refractivity contribution in [1.29, 1.82) is 0 Å². The number of carbonyl (C=O) groups excluding carboxylic acids is 1. The highest BCUT2D eigenvalue weighted by Gasteiger charge is 2.41. The number of hydrogen-bond donors (Lipinski definition) is 0. The summed E-state index contributed by atoms with van der Waals surface area (Å²) in [6.07, 6.45) is -0.872. The lowest BCUT2D eigenvalue weighted by atomic mass is 9.80. The number of ketones is 1. The van der Waals surface area contributed by atoms with Crippen LogP contribution in [0.2, 0.25) is 0 Å². The van der Waals surface area contributed by atoms with Crippen LogP contribution in [0.4, 0.5) is 8.78 Å². The summed E-state index contributed by atoms with van der Waals surface area (Å²) in [7, 11) is 0. The van der Waals surface area contributed by atoms with Crippen molar-refractivity contribution in [3.05, 3.63) is 71.3 Å². The van der Waals surface area contributed by atoms with Crippen LogP contribution in [0.15, 0.2) is 48.5 Å². The first kappa shape index (κ1) is 15.8. The molecule has 0 N–H and O–H groups in total. The van der Waals surface area contributed by atoms with Gasteiger partial charge in [-0.2, -0.15) is 0 Å². The number of rotatable bonds is 2. The lowest BCUT2D eigenvalue weighted by molar-refractivity contribution is -0.157. The van der Waals surface area contributed by atoms with Crippen LogP contribution in [0.1, 0.15) is 37.2 Å². The highest BCUT2D eigenvalue weighted by molar-refractivity contribution is 5.85. The van der Waals surface area contributed by atoms with E-state index in [2.05, 4.69) is 0 Å². The fraction of sp³-hybridized carbons (Fsp3) is 0.316. The van der Waals surface area contributed by atoms with Gasteiger partial charge in [-0.05, 0) is 35.4 Å². The van der Waals surface area contributed by atoms with Crippen molar-refractivity contribution >= 4 is 5.78 Å². The molecule has 0 aromatic heterocycles. The zero-order chi connectivity index (χ0) is 16.6. The van der Waals surface area contributed by atoms with Gasteiger partial charge in [0.15, 0.2) is 0 Å². The molecule has 0 aliphatic carbocycles. The lowest BCUT2D eigenvalue weighted by Crippen LogP contribution is -2.37. The molecule has 2 nitrogen and oxygen atoms in total. The van der Waals surface area contributed by atoms with Gasteiger partial charge in [0.2, 0.25) is 0 Å². The van der Waals surface area contributed by atoms with E-state index >= 15 is 0 Å². The average Bonchev–Trinajstić information content (AvgIpc) is 2.55. The Hall–Kier alpha value is -2.07. The molecule has 0 radical (unpaired) electrons. The van der Waals surface area contributed by atoms with Crippen LogP contribution in [-0.4, -0.2) is 5.78 Å². The molecule has 1 aliphatic heterocycles. The largest absolute Gasteiger partial charge is 0.364 e. The third-order valence-electron chi connectivity index (χ3n) is 4.50. The normalized spacial score (nSPS) is 27.9. The smallest absolute Gasteiger partial charge is 0.144 e. The molecule has 0 amide bonds. The Morgan fingerprint density at radius 3 is 1.43 bits per heavy atom. The van der Waals surface area contributed by atoms with E-state index in [9.17, 15) is 13.6 Å². The molecule has 1 saturated heterocycles. The summed E-state index contributed by atoms with van der Waals surface area (Å²) in [5.74, 6) is -1.18. The predicted molar refractivity (Wildman–Crippen MR) is 82.7 cm³/mol. The quantitative estimate of drug-likeness (QED) is 0.808. The second-order valence-electron chi connectivity index (χ2n) is 6.06. The van der Waals surface area contributed by atoms with E-state index in [0.29, 0.717) is 0 Å². The Morgan fingerprint density at radius 1 is 0.739 bits per heavy atom. The summed E-state index contributed by atoms with van der Waals surface area (Å²) >= 11 is 0. The summed E-state index contributed by atoms with van der Waals surface area (Å²) in [5.41, 5.74) is 1.54. The number of carbonyl (C=O) groups is 1. The van der Waals surface area contributed by atoms with E-state index in [-0.39, 0.29) is 29.3 Å². The van der Waals surface area contributed by atoms with Crippen LogP contribution in [0.3, 0.4) is 0 Å². The van der Waals surface area contributed by atoms with Crippen molar-refractivity contribution in [2.75, 3.05) is 0 Å². The van der Waals surface area contributed by atoms with Gasteiger partial charge in [0.1, 0.15) is 17.4 Å². The fourth-order valence-corrected chi connectivity index (χ4v) is 3.15. The van der Waals surface area contributed by atoms with E-state index in [4.69, 9.17) is 4.74 Å². The van der Waals surface area contributed by atoms with Crippen LogP contribution < -0.4 is 0 Å². The molecule has 1 heterocycles. The first-order valence-electron chi connectivity index (χ1n) is 7.67. The Labute approximate surface area is 134 Å². The number of benzene rings is 2. The minimum Gasteiger partial charge on any atom is -0.364 e. The highest BCUT2D eigenvalue weighted by atomic mass is 19.1. The standard InChI is InChI=1S/C19H18F2O2/c1-11-17(22)12(2)19(14-5-9-16(21)10-6-14)23-18(11)13-3-7-15(20)8-4-13/h3-12,18-19H,1-2H3. The number of Topliss-reactive ketones (excluding diaryl/α,β-unsaturated/α-hetero) is 1. The second kappa shape index (κ2) is 6.20. The summed E-state index contributed by atoms with van der Waals surface area (Å²) in [6.45, 7) is 3.65. The molecule has 1 fully saturated rings. The maximum atomic E-state index is 13.1. The van der Waals surface area contributed by atoms with E-state index in [0.717, 1.165) is 11.1 Å². The van der Waals surface area contributed by atoms with Crippen molar-refractivity contribution in [1.82, 2.24) is 0 Å². The third-order valence-corrected chi connectivity index (χ3v) is 4.50. The summed E-state index contributed by atoms with van der Waals surface area (Å²) in [5, 5.41) is 0. The molecule has 0 bridgehead atoms. The molecule has 4 heteroatoms. The maximum absolute atomic E-state index is 13.1. The van der Waals surface area contributed by atoms with E-state index < -0.39 is 12.2 Å². The van der Waals surface area contributed by atoms with Crippen molar-refractivity contribution in [2.45, 2.75) is 26.1 Å². The van der Waals surface area contributed by atoms with Gasteiger partial charge < -0.3 is 4.74 Å². The van der Waals surface area contributed by atoms with E-state index in [1.54, 1.807) is 24.3 Å². The molecule has 2 aromatic carbocycles. The summed E-state index contributed by atoms with van der Waals surface area (Å²) in [4.78, 5) is 12.6. The summed E-state index contributed by atoms with van der Waals surface area (Å²) < 4.78 is 32.4. The van der Waals surface area contributed by atoms with Gasteiger partial charge in [-0.25, -0.2) is 8.78 Å². The van der Waals surface area contributed by atoms with Crippen molar-refractivity contribution in [3.8, 4) is 0 Å². The number of hydrogen-bond acceptors (Lipinski definition) is 2. The minimum absolute atomic E-state index is 0.0971. The topological polar surface area (TPSA) is 26.3 Å². The van der Waals surface area contributed by atoms with Gasteiger partial charge in [-0.15, -0.1) is 0 Å². The first-order valence-corrected chi connectivity index (χ1v) is 7.67. The Balaban J connectivity index is 1.94. The maximum Gasteiger partial charge on any atom is 0.144 e. The molecule has 4 atom stereocenters. The predicted octanol–water partition coefficient (Wildman–Crippen LogP) is 4.62.